The molecule has 2 nitrogen and oxygen atoms in total. The Balaban J connectivity index is 4.40. The summed E-state index contributed by atoms with van der Waals surface area (Å²) in [5.74, 6) is 0.0405. The minimum Gasteiger partial charge on any atom is -0.448 e. The summed E-state index contributed by atoms with van der Waals surface area (Å²) in [6, 6.07) is 0. The Hall–Kier alpha value is -0.100. The van der Waals surface area contributed by atoms with Crippen LogP contribution in [0.5, 0.6) is 0 Å². The van der Waals surface area contributed by atoms with Crippen molar-refractivity contribution in [1.82, 2.24) is 0 Å². The van der Waals surface area contributed by atoms with E-state index in [2.05, 4.69) is 27.7 Å². The predicted octanol–water partition coefficient (Wildman–Crippen LogP) is 7.79. The van der Waals surface area contributed by atoms with Crippen molar-refractivity contribution in [3.63, 3.8) is 0 Å². The summed E-state index contributed by atoms with van der Waals surface area (Å²) < 4.78 is 5.79. The molecule has 144 valence electrons. The molecular weight excluding hydrogens is 315 g/mol. The zero-order valence-corrected chi connectivity index (χ0v) is 17.9. The van der Waals surface area contributed by atoms with Gasteiger partial charge in [-0.1, -0.05) is 91.9 Å². The van der Waals surface area contributed by atoms with Crippen LogP contribution in [0.4, 0.5) is 0 Å². The highest BCUT2D eigenvalue weighted by Crippen LogP contribution is 2.45. The van der Waals surface area contributed by atoms with E-state index in [0.717, 1.165) is 6.42 Å². The summed E-state index contributed by atoms with van der Waals surface area (Å²) in [4.78, 5) is 12.1. The van der Waals surface area contributed by atoms with Crippen LogP contribution >= 0.6 is 8.81 Å². The van der Waals surface area contributed by atoms with E-state index in [-0.39, 0.29) is 11.1 Å². The van der Waals surface area contributed by atoms with Crippen molar-refractivity contribution in [3.8, 4) is 0 Å². The molecule has 0 fully saturated rings. The minimum atomic E-state index is 0.0405. The lowest BCUT2D eigenvalue weighted by Crippen LogP contribution is -2.24. The molecule has 0 spiro atoms. The molecule has 0 aromatic heterocycles. The number of rotatable bonds is 17. The third-order valence-electron chi connectivity index (χ3n) is 4.89. The predicted molar refractivity (Wildman–Crippen MR) is 109 cm³/mol. The zero-order chi connectivity index (χ0) is 18.1. The highest BCUT2D eigenvalue weighted by molar-refractivity contribution is 7.35. The largest absolute Gasteiger partial charge is 0.448 e. The molecule has 0 radical (unpaired) electrons. The van der Waals surface area contributed by atoms with E-state index < -0.39 is 0 Å². The Morgan fingerprint density at radius 1 is 0.708 bits per heavy atom. The van der Waals surface area contributed by atoms with Gasteiger partial charge in [-0.15, -0.1) is 0 Å². The summed E-state index contributed by atoms with van der Waals surface area (Å²) in [5.41, 5.74) is 0. The zero-order valence-electron chi connectivity index (χ0n) is 16.9. The van der Waals surface area contributed by atoms with Crippen LogP contribution in [0.25, 0.3) is 0 Å². The van der Waals surface area contributed by atoms with Crippen LogP contribution in [0.1, 0.15) is 124 Å². The van der Waals surface area contributed by atoms with Crippen molar-refractivity contribution in [2.24, 2.45) is 0 Å². The monoisotopic (exact) mass is 358 g/mol. The van der Waals surface area contributed by atoms with Crippen molar-refractivity contribution in [1.29, 1.82) is 0 Å². The minimum absolute atomic E-state index is 0.0405. The molecule has 3 heteroatoms. The number of hydrogen-bond acceptors (Lipinski definition) is 2. The second-order valence-corrected chi connectivity index (χ2v) is 8.80. The molecule has 24 heavy (non-hydrogen) atoms. The van der Waals surface area contributed by atoms with Crippen LogP contribution in [-0.2, 0) is 9.32 Å². The topological polar surface area (TPSA) is 26.3 Å². The first-order valence-corrected chi connectivity index (χ1v) is 11.5. The second-order valence-electron chi connectivity index (χ2n) is 7.33. The molecule has 0 aromatic rings. The molecule has 1 atom stereocenters. The Bertz CT molecular complexity index is 270. The average Bonchev–Trinajstić information content (AvgIpc) is 2.60. The average molecular weight is 359 g/mol. The number of carbonyl (C=O) groups is 1. The number of hydrogen-bond donors (Lipinski definition) is 0. The molecule has 0 rings (SSSR count). The van der Waals surface area contributed by atoms with Gasteiger partial charge in [-0.05, 0) is 25.7 Å². The second kappa shape index (κ2) is 16.4. The van der Waals surface area contributed by atoms with E-state index in [1.165, 1.54) is 83.5 Å². The molecule has 0 aromatic carbocycles. The van der Waals surface area contributed by atoms with Gasteiger partial charge in [0, 0.05) is 11.6 Å². The summed E-state index contributed by atoms with van der Waals surface area (Å²) in [6.45, 7) is 9.00. The van der Waals surface area contributed by atoms with E-state index in [0.29, 0.717) is 15.2 Å². The molecule has 0 aliphatic heterocycles. The van der Waals surface area contributed by atoms with Gasteiger partial charge in [-0.2, -0.15) is 0 Å². The van der Waals surface area contributed by atoms with E-state index in [1.807, 2.05) is 0 Å². The van der Waals surface area contributed by atoms with Gasteiger partial charge < -0.3 is 4.52 Å². The molecule has 0 heterocycles. The molecule has 0 aliphatic rings. The van der Waals surface area contributed by atoms with Crippen LogP contribution in [0, 0.1) is 0 Å². The summed E-state index contributed by atoms with van der Waals surface area (Å²) in [5, 5.41) is 0.264. The van der Waals surface area contributed by atoms with Crippen molar-refractivity contribution in [2.75, 3.05) is 0 Å². The fourth-order valence-corrected chi connectivity index (χ4v) is 4.43. The molecule has 0 N–H and O–H groups in total. The Morgan fingerprint density at radius 2 is 1.17 bits per heavy atom. The number of carbonyl (C=O) groups excluding carboxylic acids is 1. The van der Waals surface area contributed by atoms with Crippen LogP contribution in [0.2, 0.25) is 0 Å². The molecule has 1 unspecified atom stereocenters. The first kappa shape index (κ1) is 23.9. The summed E-state index contributed by atoms with van der Waals surface area (Å²) >= 11 is 0. The van der Waals surface area contributed by atoms with Gasteiger partial charge in [0.05, 0.1) is 8.81 Å². The van der Waals surface area contributed by atoms with Crippen LogP contribution in [0.3, 0.4) is 0 Å². The maximum atomic E-state index is 12.1. The van der Waals surface area contributed by atoms with Gasteiger partial charge in [-0.3, -0.25) is 4.79 Å². The molecule has 0 saturated carbocycles. The first-order valence-electron chi connectivity index (χ1n) is 10.6. The first-order chi connectivity index (χ1) is 11.6. The molecule has 0 bridgehead atoms. The van der Waals surface area contributed by atoms with Crippen molar-refractivity contribution in [2.45, 2.75) is 129 Å². The SMILES string of the molecule is CCCCCCCC(=O)OPC(CCCC)(CCCC)CCCC. The lowest BCUT2D eigenvalue weighted by atomic mass is 9.90. The molecule has 0 amide bonds. The fourth-order valence-electron chi connectivity index (χ4n) is 3.16. The van der Waals surface area contributed by atoms with Gasteiger partial charge in [-0.25, -0.2) is 0 Å². The van der Waals surface area contributed by atoms with Crippen molar-refractivity contribution >= 4 is 14.8 Å². The normalized spacial score (nSPS) is 12.2. The van der Waals surface area contributed by atoms with Gasteiger partial charge in [0.1, 0.15) is 0 Å². The molecular formula is C21H43O2P. The molecule has 0 saturated heterocycles. The fraction of sp³-hybridized carbons (Fsp3) is 0.952. The van der Waals surface area contributed by atoms with Crippen LogP contribution in [-0.4, -0.2) is 11.1 Å². The quantitative estimate of drug-likeness (QED) is 0.196. The highest BCUT2D eigenvalue weighted by Gasteiger charge is 2.30. The summed E-state index contributed by atoms with van der Waals surface area (Å²) in [7, 11) is 0.366. The standard InChI is InChI=1S/C21H43O2P/c1-5-9-13-14-15-16-20(22)23-24-21(17-10-6-2,18-11-7-3)19-12-8-4/h24H,5-19H2,1-4H3. The van der Waals surface area contributed by atoms with Gasteiger partial charge in [0.25, 0.3) is 0 Å². The van der Waals surface area contributed by atoms with Crippen LogP contribution in [0.15, 0.2) is 0 Å². The van der Waals surface area contributed by atoms with Crippen LogP contribution < -0.4 is 0 Å². The third kappa shape index (κ3) is 12.3. The van der Waals surface area contributed by atoms with E-state index in [4.69, 9.17) is 4.52 Å². The van der Waals surface area contributed by atoms with E-state index in [1.54, 1.807) is 0 Å². The van der Waals surface area contributed by atoms with Crippen molar-refractivity contribution < 1.29 is 9.32 Å². The summed E-state index contributed by atoms with van der Waals surface area (Å²) in [6.07, 6.45) is 17.7. The Labute approximate surface area is 153 Å². The molecule has 0 aliphatic carbocycles. The van der Waals surface area contributed by atoms with Gasteiger partial charge >= 0.3 is 5.97 Å². The third-order valence-corrected chi connectivity index (χ3v) is 6.41. The maximum Gasteiger partial charge on any atom is 0.308 e. The van der Waals surface area contributed by atoms with Crippen molar-refractivity contribution in [3.05, 3.63) is 0 Å². The Kier molecular flexibility index (Phi) is 16.3. The lowest BCUT2D eigenvalue weighted by Gasteiger charge is -2.33. The lowest BCUT2D eigenvalue weighted by molar-refractivity contribution is -0.133. The smallest absolute Gasteiger partial charge is 0.308 e. The highest BCUT2D eigenvalue weighted by atomic mass is 31.1. The van der Waals surface area contributed by atoms with E-state index >= 15 is 0 Å². The maximum absolute atomic E-state index is 12.1. The van der Waals surface area contributed by atoms with Gasteiger partial charge in [0.2, 0.25) is 0 Å². The number of unbranched alkanes of at least 4 members (excludes halogenated alkanes) is 7. The Morgan fingerprint density at radius 3 is 1.62 bits per heavy atom. The van der Waals surface area contributed by atoms with E-state index in [9.17, 15) is 4.79 Å². The van der Waals surface area contributed by atoms with Gasteiger partial charge in [0.15, 0.2) is 0 Å².